The van der Waals surface area contributed by atoms with Crippen molar-refractivity contribution in [3.05, 3.63) is 41.6 Å². The zero-order valence-electron chi connectivity index (χ0n) is 14.2. The maximum atomic E-state index is 13.1. The van der Waals surface area contributed by atoms with Crippen LogP contribution in [0.4, 0.5) is 0 Å². The summed E-state index contributed by atoms with van der Waals surface area (Å²) in [6.07, 6.45) is 0.968. The third-order valence-corrected chi connectivity index (χ3v) is 4.90. The summed E-state index contributed by atoms with van der Waals surface area (Å²) in [5, 5.41) is 0.934. The molecule has 4 heteroatoms. The van der Waals surface area contributed by atoms with Crippen molar-refractivity contribution in [1.29, 1.82) is 0 Å². The zero-order valence-corrected chi connectivity index (χ0v) is 14.2. The van der Waals surface area contributed by atoms with Crippen molar-refractivity contribution in [2.45, 2.75) is 33.1 Å². The van der Waals surface area contributed by atoms with Crippen LogP contribution in [0, 0.1) is 5.41 Å². The zero-order chi connectivity index (χ0) is 16.6. The van der Waals surface area contributed by atoms with E-state index in [1.54, 1.807) is 0 Å². The van der Waals surface area contributed by atoms with E-state index in [0.29, 0.717) is 12.5 Å². The molecule has 23 heavy (non-hydrogen) atoms. The molecule has 0 spiro atoms. The Balaban J connectivity index is 2.03. The molecule has 0 saturated carbocycles. The van der Waals surface area contributed by atoms with Gasteiger partial charge in [-0.2, -0.15) is 0 Å². The Bertz CT molecular complexity index is 740. The third kappa shape index (κ3) is 2.95. The molecule has 2 heterocycles. The molecule has 1 aliphatic rings. The van der Waals surface area contributed by atoms with E-state index in [4.69, 9.17) is 10.7 Å². The van der Waals surface area contributed by atoms with Gasteiger partial charge in [-0.1, -0.05) is 39.0 Å². The van der Waals surface area contributed by atoms with Gasteiger partial charge in [0, 0.05) is 24.2 Å². The Morgan fingerprint density at radius 3 is 2.78 bits per heavy atom. The molecular weight excluding hydrogens is 286 g/mol. The minimum atomic E-state index is 0.0410. The number of likely N-dealkylation sites (tertiary alicyclic amines) is 1. The minimum Gasteiger partial charge on any atom is -0.338 e. The third-order valence-electron chi connectivity index (χ3n) is 4.90. The van der Waals surface area contributed by atoms with Crippen molar-refractivity contribution >= 4 is 16.8 Å². The summed E-state index contributed by atoms with van der Waals surface area (Å²) in [6.45, 7) is 8.49. The van der Waals surface area contributed by atoms with Gasteiger partial charge in [-0.3, -0.25) is 9.78 Å². The summed E-state index contributed by atoms with van der Waals surface area (Å²) < 4.78 is 0. The first kappa shape index (κ1) is 15.9. The second-order valence-corrected chi connectivity index (χ2v) is 7.26. The molecule has 1 aliphatic heterocycles. The van der Waals surface area contributed by atoms with Crippen LogP contribution in [0.5, 0.6) is 0 Å². The van der Waals surface area contributed by atoms with Crippen LogP contribution in [-0.4, -0.2) is 35.4 Å². The summed E-state index contributed by atoms with van der Waals surface area (Å²) in [7, 11) is 0. The van der Waals surface area contributed by atoms with E-state index in [1.165, 1.54) is 0 Å². The summed E-state index contributed by atoms with van der Waals surface area (Å²) >= 11 is 0. The highest BCUT2D eigenvalue weighted by Gasteiger charge is 2.35. The molecule has 0 aliphatic carbocycles. The number of carbonyl (C=O) groups is 1. The van der Waals surface area contributed by atoms with Gasteiger partial charge in [-0.15, -0.1) is 0 Å². The first-order chi connectivity index (χ1) is 10.9. The lowest BCUT2D eigenvalue weighted by Gasteiger charge is -2.23. The quantitative estimate of drug-likeness (QED) is 0.947. The van der Waals surface area contributed by atoms with E-state index in [2.05, 4.69) is 20.8 Å². The molecule has 1 atom stereocenters. The van der Waals surface area contributed by atoms with Crippen LogP contribution < -0.4 is 5.73 Å². The number of hydrogen-bond donors (Lipinski definition) is 1. The molecule has 0 bridgehead atoms. The van der Waals surface area contributed by atoms with Crippen molar-refractivity contribution < 1.29 is 4.79 Å². The number of amides is 1. The Kier molecular flexibility index (Phi) is 4.11. The van der Waals surface area contributed by atoms with Crippen molar-refractivity contribution in [1.82, 2.24) is 9.88 Å². The largest absolute Gasteiger partial charge is 0.338 e. The van der Waals surface area contributed by atoms with Crippen LogP contribution in [0.25, 0.3) is 10.9 Å². The monoisotopic (exact) mass is 311 g/mol. The van der Waals surface area contributed by atoms with Crippen molar-refractivity contribution in [3.63, 3.8) is 0 Å². The molecule has 1 aromatic carbocycles. The summed E-state index contributed by atoms with van der Waals surface area (Å²) in [6, 6.07) is 9.86. The number of hydrogen-bond acceptors (Lipinski definition) is 3. The smallest absolute Gasteiger partial charge is 0.254 e. The molecule has 122 valence electrons. The van der Waals surface area contributed by atoms with Gasteiger partial charge >= 0.3 is 0 Å². The van der Waals surface area contributed by atoms with Crippen LogP contribution in [-0.2, 0) is 0 Å². The van der Waals surface area contributed by atoms with Crippen molar-refractivity contribution in [3.8, 4) is 0 Å². The van der Waals surface area contributed by atoms with E-state index in [-0.39, 0.29) is 11.3 Å². The molecule has 1 unspecified atom stereocenters. The molecular formula is C19H25N3O. The van der Waals surface area contributed by atoms with Crippen LogP contribution in [0.1, 0.15) is 49.2 Å². The number of nitrogens with two attached hydrogens (primary N) is 1. The highest BCUT2D eigenvalue weighted by Crippen LogP contribution is 2.31. The van der Waals surface area contributed by atoms with E-state index in [9.17, 15) is 4.79 Å². The number of carbonyl (C=O) groups excluding carboxylic acids is 1. The van der Waals surface area contributed by atoms with E-state index >= 15 is 0 Å². The normalized spacial score (nSPS) is 21.3. The van der Waals surface area contributed by atoms with Gasteiger partial charge in [-0.25, -0.2) is 0 Å². The number of rotatable bonds is 3. The number of aromatic nitrogens is 1. The SMILES string of the molecule is CC(C)c1cc(C(=O)N2CCC(C)(CN)C2)c2ccccc2n1. The highest BCUT2D eigenvalue weighted by molar-refractivity contribution is 6.06. The maximum absolute atomic E-state index is 13.1. The van der Waals surface area contributed by atoms with Crippen LogP contribution in [0.3, 0.4) is 0 Å². The molecule has 1 aromatic heterocycles. The first-order valence-corrected chi connectivity index (χ1v) is 8.32. The molecule has 1 saturated heterocycles. The number of pyridine rings is 1. The van der Waals surface area contributed by atoms with Gasteiger partial charge < -0.3 is 10.6 Å². The summed E-state index contributed by atoms with van der Waals surface area (Å²) in [4.78, 5) is 19.7. The fraction of sp³-hybridized carbons (Fsp3) is 0.474. The molecule has 0 radical (unpaired) electrons. The Morgan fingerprint density at radius 2 is 2.13 bits per heavy atom. The second-order valence-electron chi connectivity index (χ2n) is 7.26. The Hall–Kier alpha value is -1.94. The van der Waals surface area contributed by atoms with Crippen LogP contribution in [0.15, 0.2) is 30.3 Å². The van der Waals surface area contributed by atoms with Crippen LogP contribution >= 0.6 is 0 Å². The molecule has 1 amide bonds. The van der Waals surface area contributed by atoms with Gasteiger partial charge in [0.05, 0.1) is 11.1 Å². The van der Waals surface area contributed by atoms with Crippen molar-refractivity contribution in [2.24, 2.45) is 11.1 Å². The first-order valence-electron chi connectivity index (χ1n) is 8.32. The lowest BCUT2D eigenvalue weighted by molar-refractivity contribution is 0.0778. The highest BCUT2D eigenvalue weighted by atomic mass is 16.2. The van der Waals surface area contributed by atoms with Gasteiger partial charge in [0.2, 0.25) is 0 Å². The van der Waals surface area contributed by atoms with Gasteiger partial charge in [-0.05, 0) is 36.4 Å². The van der Waals surface area contributed by atoms with E-state index in [1.807, 2.05) is 35.2 Å². The minimum absolute atomic E-state index is 0.0410. The Morgan fingerprint density at radius 1 is 1.39 bits per heavy atom. The van der Waals surface area contributed by atoms with Crippen molar-refractivity contribution in [2.75, 3.05) is 19.6 Å². The lowest BCUT2D eigenvalue weighted by atomic mass is 9.90. The molecule has 2 N–H and O–H groups in total. The number of para-hydroxylation sites is 1. The summed E-state index contributed by atoms with van der Waals surface area (Å²) in [5.41, 5.74) is 8.54. The lowest BCUT2D eigenvalue weighted by Crippen LogP contribution is -2.34. The maximum Gasteiger partial charge on any atom is 0.254 e. The average molecular weight is 311 g/mol. The Labute approximate surface area is 137 Å². The molecule has 1 fully saturated rings. The fourth-order valence-electron chi connectivity index (χ4n) is 3.20. The number of fused-ring (bicyclic) bond motifs is 1. The predicted octanol–water partition coefficient (Wildman–Crippen LogP) is 3.17. The van der Waals surface area contributed by atoms with E-state index < -0.39 is 0 Å². The molecule has 2 aromatic rings. The topological polar surface area (TPSA) is 59.2 Å². The molecule has 3 rings (SSSR count). The number of benzene rings is 1. The van der Waals surface area contributed by atoms with Crippen LogP contribution in [0.2, 0.25) is 0 Å². The molecule has 4 nitrogen and oxygen atoms in total. The van der Waals surface area contributed by atoms with Gasteiger partial charge in [0.15, 0.2) is 0 Å². The predicted molar refractivity (Wildman–Crippen MR) is 93.5 cm³/mol. The van der Waals surface area contributed by atoms with Gasteiger partial charge in [0.25, 0.3) is 5.91 Å². The van der Waals surface area contributed by atoms with Gasteiger partial charge in [0.1, 0.15) is 0 Å². The average Bonchev–Trinajstić information content (AvgIpc) is 2.96. The standard InChI is InChI=1S/C19H25N3O/c1-13(2)17-10-15(14-6-4-5-7-16(14)21-17)18(23)22-9-8-19(3,11-20)12-22/h4-7,10,13H,8-9,11-12,20H2,1-3H3. The summed E-state index contributed by atoms with van der Waals surface area (Å²) in [5.74, 6) is 0.390. The second kappa shape index (κ2) is 5.93. The van der Waals surface area contributed by atoms with E-state index in [0.717, 1.165) is 41.7 Å². The number of nitrogens with zero attached hydrogens (tertiary/aromatic N) is 2. The fourth-order valence-corrected chi connectivity index (χ4v) is 3.20.